The fourth-order valence-corrected chi connectivity index (χ4v) is 4.97. The smallest absolute Gasteiger partial charge is 0.338 e. The molecule has 0 amide bonds. The Hall–Kier alpha value is -3.13. The van der Waals surface area contributed by atoms with Gasteiger partial charge < -0.3 is 18.5 Å². The molecule has 3 rings (SSSR count). The summed E-state index contributed by atoms with van der Waals surface area (Å²) in [5, 5.41) is 0.611. The zero-order chi connectivity index (χ0) is 28.8. The van der Waals surface area contributed by atoms with Crippen molar-refractivity contribution in [3.63, 3.8) is 0 Å². The highest BCUT2D eigenvalue weighted by Gasteiger charge is 2.36. The van der Waals surface area contributed by atoms with Gasteiger partial charge in [-0.1, -0.05) is 50.6 Å². The van der Waals surface area contributed by atoms with E-state index in [2.05, 4.69) is 33.9 Å². The summed E-state index contributed by atoms with van der Waals surface area (Å²) in [5.74, 6) is 0.163. The summed E-state index contributed by atoms with van der Waals surface area (Å²) in [5.41, 5.74) is 3.21. The Morgan fingerprint density at radius 3 is 2.36 bits per heavy atom. The highest BCUT2D eigenvalue weighted by molar-refractivity contribution is 6.74. The predicted molar refractivity (Wildman–Crippen MR) is 160 cm³/mol. The van der Waals surface area contributed by atoms with Gasteiger partial charge in [0.05, 0.1) is 25.0 Å². The summed E-state index contributed by atoms with van der Waals surface area (Å²) in [7, 11) is -0.473. The molecule has 0 saturated carbocycles. The van der Waals surface area contributed by atoms with Gasteiger partial charge in [-0.2, -0.15) is 0 Å². The number of nitrogens with zero attached hydrogens (tertiary/aromatic N) is 1. The minimum Gasteiger partial charge on any atom is -0.491 e. The van der Waals surface area contributed by atoms with Gasteiger partial charge in [-0.25, -0.2) is 4.79 Å². The Bertz CT molecular complexity index is 1340. The second-order valence-electron chi connectivity index (χ2n) is 11.0. The molecule has 39 heavy (non-hydrogen) atoms. The topological polar surface area (TPSA) is 66.8 Å². The number of rotatable bonds is 11. The van der Waals surface area contributed by atoms with E-state index in [-0.39, 0.29) is 10.8 Å². The Morgan fingerprint density at radius 1 is 1.03 bits per heavy atom. The molecule has 0 radical (unpaired) electrons. The van der Waals surface area contributed by atoms with Crippen molar-refractivity contribution in [1.29, 1.82) is 0 Å². The molecule has 0 fully saturated rings. The molecular formula is C31H38ClNO5Si. The number of aryl methyl sites for hydroxylation is 1. The minimum atomic E-state index is -1.81. The van der Waals surface area contributed by atoms with Gasteiger partial charge in [-0.05, 0) is 78.6 Å². The van der Waals surface area contributed by atoms with E-state index < -0.39 is 14.3 Å². The maximum atomic E-state index is 13.3. The third kappa shape index (κ3) is 7.94. The molecule has 1 aromatic heterocycles. The molecule has 0 atom stereocenters. The summed E-state index contributed by atoms with van der Waals surface area (Å²) < 4.78 is 18.8. The fourth-order valence-electron chi connectivity index (χ4n) is 3.78. The van der Waals surface area contributed by atoms with Gasteiger partial charge in [0.25, 0.3) is 0 Å². The van der Waals surface area contributed by atoms with Crippen LogP contribution in [0.3, 0.4) is 0 Å². The first-order valence-electron chi connectivity index (χ1n) is 12.9. The number of hydrogen-bond acceptors (Lipinski definition) is 5. The van der Waals surface area contributed by atoms with Gasteiger partial charge in [-0.15, -0.1) is 0 Å². The lowest BCUT2D eigenvalue weighted by Gasteiger charge is -2.36. The predicted octanol–water partition coefficient (Wildman–Crippen LogP) is 7.58. The van der Waals surface area contributed by atoms with Crippen molar-refractivity contribution >= 4 is 37.7 Å². The highest BCUT2D eigenvalue weighted by Crippen LogP contribution is 2.36. The molecule has 0 bridgehead atoms. The van der Waals surface area contributed by atoms with Crippen molar-refractivity contribution in [2.45, 2.75) is 52.4 Å². The molecule has 6 nitrogen and oxygen atoms in total. The molecule has 0 spiro atoms. The Labute approximate surface area is 237 Å². The first-order chi connectivity index (χ1) is 18.3. The molecule has 2 aromatic carbocycles. The minimum absolute atomic E-state index is 0.0777. The van der Waals surface area contributed by atoms with E-state index in [4.69, 9.17) is 25.5 Å². The van der Waals surface area contributed by atoms with E-state index in [1.165, 1.54) is 7.11 Å². The van der Waals surface area contributed by atoms with Crippen molar-refractivity contribution < 1.29 is 23.5 Å². The summed E-state index contributed by atoms with van der Waals surface area (Å²) >= 11 is 6.05. The first kappa shape index (κ1) is 30.4. The largest absolute Gasteiger partial charge is 0.491 e. The van der Waals surface area contributed by atoms with Crippen LogP contribution in [0.4, 0.5) is 0 Å². The van der Waals surface area contributed by atoms with Gasteiger partial charge in [0.1, 0.15) is 12.4 Å². The molecule has 3 aromatic rings. The van der Waals surface area contributed by atoms with Crippen molar-refractivity contribution in [3.8, 4) is 5.75 Å². The summed E-state index contributed by atoms with van der Waals surface area (Å²) in [6.45, 7) is 14.5. The van der Waals surface area contributed by atoms with Crippen LogP contribution >= 0.6 is 11.6 Å². The summed E-state index contributed by atoms with van der Waals surface area (Å²) in [6, 6.07) is 14.1. The quantitative estimate of drug-likeness (QED) is 0.103. The molecule has 0 aliphatic carbocycles. The number of hydrogen-bond donors (Lipinski definition) is 0. The maximum Gasteiger partial charge on any atom is 0.338 e. The van der Waals surface area contributed by atoms with Crippen molar-refractivity contribution in [3.05, 3.63) is 93.8 Å². The third-order valence-electron chi connectivity index (χ3n) is 7.02. The van der Waals surface area contributed by atoms with Crippen LogP contribution in [0.1, 0.15) is 58.3 Å². The molecule has 208 valence electrons. The third-order valence-corrected chi connectivity index (χ3v) is 11.8. The number of benzene rings is 2. The number of ether oxygens (including phenoxy) is 2. The second kappa shape index (κ2) is 12.8. The van der Waals surface area contributed by atoms with Crippen LogP contribution in [0.15, 0.2) is 60.8 Å². The van der Waals surface area contributed by atoms with Crippen LogP contribution < -0.4 is 4.74 Å². The average molecular weight is 568 g/mol. The second-order valence-corrected chi connectivity index (χ2v) is 16.2. The molecule has 0 aliphatic rings. The van der Waals surface area contributed by atoms with E-state index in [1.807, 2.05) is 48.0 Å². The van der Waals surface area contributed by atoms with E-state index in [9.17, 15) is 9.59 Å². The standard InChI is InChI=1S/C31H38ClNO5Si/c1-22-19-28(33(21-22)16-8-9-23-10-13-25(32)20-27(23)30(35)36-5)29(34)24-11-14-26(15-12-24)37-17-18-38-39(6,7)31(2,3)4/h8-15,19-21H,16-18H2,1-7H3/b9-8+. The molecular weight excluding hydrogens is 530 g/mol. The van der Waals surface area contributed by atoms with Gasteiger partial charge in [0.2, 0.25) is 5.78 Å². The van der Waals surface area contributed by atoms with Crippen LogP contribution in [0.2, 0.25) is 23.2 Å². The molecule has 8 heteroatoms. The normalized spacial score (nSPS) is 12.1. The summed E-state index contributed by atoms with van der Waals surface area (Å²) in [6.07, 6.45) is 5.66. The van der Waals surface area contributed by atoms with E-state index in [1.54, 1.807) is 30.3 Å². The molecule has 0 aliphatic heterocycles. The number of carbonyl (C=O) groups is 2. The molecule has 1 heterocycles. The number of halogens is 1. The van der Waals surface area contributed by atoms with Crippen molar-refractivity contribution in [1.82, 2.24) is 4.57 Å². The number of carbonyl (C=O) groups excluding carboxylic acids is 2. The zero-order valence-electron chi connectivity index (χ0n) is 23.8. The van der Waals surface area contributed by atoms with Gasteiger partial charge in [0.15, 0.2) is 8.32 Å². The van der Waals surface area contributed by atoms with Crippen LogP contribution in [0.5, 0.6) is 5.75 Å². The van der Waals surface area contributed by atoms with Crippen molar-refractivity contribution in [2.75, 3.05) is 20.3 Å². The van der Waals surface area contributed by atoms with Crippen LogP contribution in [0, 0.1) is 6.92 Å². The van der Waals surface area contributed by atoms with Crippen molar-refractivity contribution in [2.24, 2.45) is 0 Å². The lowest BCUT2D eigenvalue weighted by molar-refractivity contribution is 0.0600. The van der Waals surface area contributed by atoms with Crippen LogP contribution in [0.25, 0.3) is 6.08 Å². The molecule has 0 unspecified atom stereocenters. The lowest BCUT2D eigenvalue weighted by Crippen LogP contribution is -2.41. The molecule has 0 N–H and O–H groups in total. The fraction of sp³-hybridized carbons (Fsp3) is 0.355. The van der Waals surface area contributed by atoms with E-state index >= 15 is 0 Å². The molecule has 0 saturated heterocycles. The average Bonchev–Trinajstić information content (AvgIpc) is 3.26. The van der Waals surface area contributed by atoms with Crippen LogP contribution in [-0.2, 0) is 15.7 Å². The monoisotopic (exact) mass is 567 g/mol. The number of ketones is 1. The number of aromatic nitrogens is 1. The SMILES string of the molecule is COC(=O)c1cc(Cl)ccc1/C=C/Cn1cc(C)cc1C(=O)c1ccc(OCCO[Si](C)(C)C(C)(C)C)cc1. The van der Waals surface area contributed by atoms with Gasteiger partial charge >= 0.3 is 5.97 Å². The van der Waals surface area contributed by atoms with E-state index in [0.29, 0.717) is 52.9 Å². The van der Waals surface area contributed by atoms with Gasteiger partial charge in [0, 0.05) is 23.3 Å². The number of allylic oxidation sites excluding steroid dienone is 1. The number of methoxy groups -OCH3 is 1. The Balaban J connectivity index is 1.65. The van der Waals surface area contributed by atoms with E-state index in [0.717, 1.165) is 5.56 Å². The zero-order valence-corrected chi connectivity index (χ0v) is 25.6. The van der Waals surface area contributed by atoms with Crippen LogP contribution in [-0.4, -0.2) is 45.0 Å². The highest BCUT2D eigenvalue weighted by atomic mass is 35.5. The Morgan fingerprint density at radius 2 is 1.72 bits per heavy atom. The Kier molecular flexibility index (Phi) is 9.99. The summed E-state index contributed by atoms with van der Waals surface area (Å²) in [4.78, 5) is 25.5. The van der Waals surface area contributed by atoms with Gasteiger partial charge in [-0.3, -0.25) is 4.79 Å². The maximum absolute atomic E-state index is 13.3. The first-order valence-corrected chi connectivity index (χ1v) is 16.2. The number of esters is 1. The lowest BCUT2D eigenvalue weighted by atomic mass is 10.1.